The van der Waals surface area contributed by atoms with E-state index in [-0.39, 0.29) is 50.2 Å². The Hall–Kier alpha value is -3.25. The second-order valence-electron chi connectivity index (χ2n) is 8.20. The zero-order chi connectivity index (χ0) is 25.4. The van der Waals surface area contributed by atoms with Gasteiger partial charge in [0.05, 0.1) is 34.0 Å². The number of rotatable bonds is 2. The third kappa shape index (κ3) is 4.97. The number of carbonyl (C=O) groups excluding carboxylic acids is 2. The molecule has 182 valence electrons. The van der Waals surface area contributed by atoms with Gasteiger partial charge in [-0.25, -0.2) is 21.6 Å². The number of hydrogen-bond donors (Lipinski definition) is 2. The fraction of sp³-hybridized carbons (Fsp3) is 0.318. The van der Waals surface area contributed by atoms with E-state index in [1.165, 1.54) is 25.3 Å². The molecule has 2 unspecified atom stereocenters. The number of amides is 1. The number of nitrogens with zero attached hydrogens (tertiary/aromatic N) is 1. The van der Waals surface area contributed by atoms with Crippen LogP contribution in [0.1, 0.15) is 57.5 Å². The predicted octanol–water partition coefficient (Wildman–Crippen LogP) is 1.35. The molecule has 2 aliphatic heterocycles. The maximum atomic E-state index is 11.9. The average molecular weight is 508 g/mol. The number of guanidine groups is 1. The molecule has 10 nitrogen and oxygen atoms in total. The Balaban J connectivity index is 0.000000192. The van der Waals surface area contributed by atoms with Crippen molar-refractivity contribution in [2.24, 2.45) is 16.5 Å². The third-order valence-corrected chi connectivity index (χ3v) is 9.52. The van der Waals surface area contributed by atoms with Gasteiger partial charge in [0.15, 0.2) is 25.6 Å². The van der Waals surface area contributed by atoms with Crippen LogP contribution < -0.4 is 11.5 Å². The lowest BCUT2D eigenvalue weighted by molar-refractivity contribution is 0.0600. The van der Waals surface area contributed by atoms with E-state index in [4.69, 9.17) is 11.5 Å². The first-order chi connectivity index (χ1) is 15.8. The van der Waals surface area contributed by atoms with Crippen LogP contribution in [0.25, 0.3) is 0 Å². The van der Waals surface area contributed by atoms with E-state index in [2.05, 4.69) is 9.73 Å². The summed E-state index contributed by atoms with van der Waals surface area (Å²) >= 11 is 0. The smallest absolute Gasteiger partial charge is 0.337 e. The molecule has 4 rings (SSSR count). The highest BCUT2D eigenvalue weighted by Gasteiger charge is 2.33. The van der Waals surface area contributed by atoms with Crippen molar-refractivity contribution < 1.29 is 31.2 Å². The summed E-state index contributed by atoms with van der Waals surface area (Å²) in [6, 6.07) is 9.20. The molecule has 0 fully saturated rings. The SMILES string of the molecule is CC1CS(=O)(=O)c2cc(C(=O)N=C(N)N)ccc21.COC(=O)c1ccc2c(c1)S(=O)(=O)CC2C. The van der Waals surface area contributed by atoms with Crippen molar-refractivity contribution in [3.63, 3.8) is 0 Å². The molecule has 12 heteroatoms. The highest BCUT2D eigenvalue weighted by molar-refractivity contribution is 7.92. The molecule has 2 aromatic rings. The summed E-state index contributed by atoms with van der Waals surface area (Å²) in [5.74, 6) is -1.39. The Labute approximate surface area is 197 Å². The summed E-state index contributed by atoms with van der Waals surface area (Å²) < 4.78 is 51.8. The van der Waals surface area contributed by atoms with Gasteiger partial charge in [-0.05, 0) is 47.2 Å². The van der Waals surface area contributed by atoms with E-state index < -0.39 is 31.6 Å². The maximum absolute atomic E-state index is 11.9. The van der Waals surface area contributed by atoms with Crippen molar-refractivity contribution in [2.45, 2.75) is 35.5 Å². The van der Waals surface area contributed by atoms with Crippen molar-refractivity contribution in [2.75, 3.05) is 18.6 Å². The first kappa shape index (κ1) is 25.4. The van der Waals surface area contributed by atoms with E-state index in [0.29, 0.717) is 0 Å². The van der Waals surface area contributed by atoms with Crippen molar-refractivity contribution in [3.05, 3.63) is 58.7 Å². The number of hydrogen-bond acceptors (Lipinski definition) is 7. The number of sulfone groups is 2. The van der Waals surface area contributed by atoms with Crippen molar-refractivity contribution in [1.82, 2.24) is 0 Å². The lowest BCUT2D eigenvalue weighted by Gasteiger charge is -2.04. The molecule has 0 spiro atoms. The zero-order valence-electron chi connectivity index (χ0n) is 18.8. The average Bonchev–Trinajstić information content (AvgIpc) is 3.14. The van der Waals surface area contributed by atoms with Crippen LogP contribution in [0.5, 0.6) is 0 Å². The molecule has 0 saturated heterocycles. The summed E-state index contributed by atoms with van der Waals surface area (Å²) in [4.78, 5) is 26.7. The van der Waals surface area contributed by atoms with E-state index in [0.717, 1.165) is 11.1 Å². The molecule has 0 radical (unpaired) electrons. The number of fused-ring (bicyclic) bond motifs is 2. The predicted molar refractivity (Wildman–Crippen MR) is 125 cm³/mol. The van der Waals surface area contributed by atoms with Crippen LogP contribution in [-0.2, 0) is 24.4 Å². The Morgan fingerprint density at radius 1 is 0.853 bits per heavy atom. The number of ether oxygens (including phenoxy) is 1. The standard InChI is InChI=1S/C11H13N3O3S.C11H12O4S/c1-6-5-18(16,17)9-4-7(2-3-8(6)9)10(15)14-11(12)13;1-7-6-16(13,14)10-5-8(11(12)15-2)3-4-9(7)10/h2-4,6H,5H2,1H3,(H4,12,13,14,15);3-5,7H,6H2,1-2H3. The fourth-order valence-corrected chi connectivity index (χ4v) is 7.90. The Bertz CT molecular complexity index is 1410. The van der Waals surface area contributed by atoms with Gasteiger partial charge in [0.25, 0.3) is 5.91 Å². The molecule has 34 heavy (non-hydrogen) atoms. The van der Waals surface area contributed by atoms with Crippen molar-refractivity contribution in [3.8, 4) is 0 Å². The molecular weight excluding hydrogens is 482 g/mol. The summed E-state index contributed by atoms with van der Waals surface area (Å²) in [5.41, 5.74) is 12.2. The van der Waals surface area contributed by atoms with Gasteiger partial charge in [-0.2, -0.15) is 4.99 Å². The van der Waals surface area contributed by atoms with E-state index in [9.17, 15) is 26.4 Å². The summed E-state index contributed by atoms with van der Waals surface area (Å²) in [7, 11) is -5.26. The molecule has 2 atom stereocenters. The Morgan fingerprint density at radius 2 is 1.29 bits per heavy atom. The van der Waals surface area contributed by atoms with Gasteiger partial charge >= 0.3 is 5.97 Å². The Morgan fingerprint density at radius 3 is 1.74 bits per heavy atom. The highest BCUT2D eigenvalue weighted by Crippen LogP contribution is 2.36. The number of methoxy groups -OCH3 is 1. The van der Waals surface area contributed by atoms with Gasteiger partial charge in [-0.3, -0.25) is 4.79 Å². The Kier molecular flexibility index (Phi) is 6.85. The first-order valence-corrected chi connectivity index (χ1v) is 13.5. The summed E-state index contributed by atoms with van der Waals surface area (Å²) in [5, 5.41) is 0. The molecule has 4 N–H and O–H groups in total. The molecule has 2 aliphatic rings. The largest absolute Gasteiger partial charge is 0.465 e. The zero-order valence-corrected chi connectivity index (χ0v) is 20.4. The lowest BCUT2D eigenvalue weighted by atomic mass is 10.0. The second kappa shape index (κ2) is 9.18. The van der Waals surface area contributed by atoms with E-state index in [1.807, 2.05) is 13.8 Å². The van der Waals surface area contributed by atoms with Gasteiger partial charge < -0.3 is 16.2 Å². The van der Waals surface area contributed by atoms with Crippen LogP contribution in [-0.4, -0.2) is 53.3 Å². The van der Waals surface area contributed by atoms with Crippen LogP contribution >= 0.6 is 0 Å². The molecule has 0 saturated carbocycles. The number of benzene rings is 2. The van der Waals surface area contributed by atoms with E-state index in [1.54, 1.807) is 18.2 Å². The maximum Gasteiger partial charge on any atom is 0.337 e. The lowest BCUT2D eigenvalue weighted by Crippen LogP contribution is -2.24. The fourth-order valence-electron chi connectivity index (χ4n) is 4.00. The molecule has 1 amide bonds. The minimum absolute atomic E-state index is 0.00769. The van der Waals surface area contributed by atoms with Crippen LogP contribution in [0, 0.1) is 0 Å². The van der Waals surface area contributed by atoms with Crippen LogP contribution in [0.4, 0.5) is 0 Å². The number of esters is 1. The normalized spacial score (nSPS) is 20.8. The topological polar surface area (TPSA) is 176 Å². The van der Waals surface area contributed by atoms with Gasteiger partial charge in [0, 0.05) is 5.56 Å². The summed E-state index contributed by atoms with van der Waals surface area (Å²) in [6.07, 6.45) is 0. The van der Waals surface area contributed by atoms with Gasteiger partial charge in [0.1, 0.15) is 0 Å². The number of nitrogens with two attached hydrogens (primary N) is 2. The van der Waals surface area contributed by atoms with Crippen molar-refractivity contribution in [1.29, 1.82) is 0 Å². The van der Waals surface area contributed by atoms with Gasteiger partial charge in [-0.15, -0.1) is 0 Å². The highest BCUT2D eigenvalue weighted by atomic mass is 32.2. The second-order valence-corrected chi connectivity index (χ2v) is 12.2. The molecule has 2 aromatic carbocycles. The van der Waals surface area contributed by atoms with Crippen LogP contribution in [0.3, 0.4) is 0 Å². The van der Waals surface area contributed by atoms with E-state index >= 15 is 0 Å². The van der Waals surface area contributed by atoms with Crippen LogP contribution in [0.15, 0.2) is 51.2 Å². The minimum Gasteiger partial charge on any atom is -0.465 e. The van der Waals surface area contributed by atoms with Gasteiger partial charge in [0.2, 0.25) is 0 Å². The number of aliphatic imine (C=N–C) groups is 1. The first-order valence-electron chi connectivity index (χ1n) is 10.2. The molecule has 0 bridgehead atoms. The minimum atomic E-state index is -3.30. The quantitative estimate of drug-likeness (QED) is 0.345. The van der Waals surface area contributed by atoms with Crippen LogP contribution in [0.2, 0.25) is 0 Å². The monoisotopic (exact) mass is 507 g/mol. The molecule has 0 aromatic heterocycles. The molecule has 2 heterocycles. The molecular formula is C22H25N3O7S2. The number of carbonyl (C=O) groups is 2. The van der Waals surface area contributed by atoms with Crippen molar-refractivity contribution >= 4 is 37.5 Å². The van der Waals surface area contributed by atoms with Gasteiger partial charge in [-0.1, -0.05) is 26.0 Å². The summed E-state index contributed by atoms with van der Waals surface area (Å²) in [6.45, 7) is 3.70. The third-order valence-electron chi connectivity index (χ3n) is 5.60. The molecule has 0 aliphatic carbocycles.